The van der Waals surface area contributed by atoms with E-state index in [2.05, 4.69) is 10.5 Å². The van der Waals surface area contributed by atoms with Crippen LogP contribution in [0, 0.1) is 23.3 Å². The number of rotatable bonds is 3. The van der Waals surface area contributed by atoms with Crippen molar-refractivity contribution in [3.8, 4) is 0 Å². The molecule has 0 spiro atoms. The molecule has 1 N–H and O–H groups in total. The second-order valence-corrected chi connectivity index (χ2v) is 4.03. The largest absolute Gasteiger partial charge is 0.275 e. The predicted octanol–water partition coefficient (Wildman–Crippen LogP) is 4.08. The minimum Gasteiger partial charge on any atom is -0.275 e. The van der Waals surface area contributed by atoms with E-state index < -0.39 is 23.3 Å². The van der Waals surface area contributed by atoms with Crippen LogP contribution >= 0.6 is 0 Å². The van der Waals surface area contributed by atoms with Gasteiger partial charge >= 0.3 is 0 Å². The van der Waals surface area contributed by atoms with Crippen LogP contribution in [0.4, 0.5) is 23.2 Å². The van der Waals surface area contributed by atoms with Crippen molar-refractivity contribution in [2.45, 2.75) is 6.92 Å². The molecule has 0 aliphatic carbocycles. The maximum atomic E-state index is 13.5. The molecule has 2 aromatic rings. The van der Waals surface area contributed by atoms with E-state index in [0.717, 1.165) is 24.3 Å². The Morgan fingerprint density at radius 2 is 1.60 bits per heavy atom. The molecule has 0 fully saturated rings. The van der Waals surface area contributed by atoms with Crippen molar-refractivity contribution in [3.63, 3.8) is 0 Å². The zero-order valence-electron chi connectivity index (χ0n) is 10.4. The van der Waals surface area contributed by atoms with E-state index >= 15 is 0 Å². The maximum absolute atomic E-state index is 13.5. The van der Waals surface area contributed by atoms with Crippen LogP contribution in [0.1, 0.15) is 12.5 Å². The molecule has 0 atom stereocenters. The summed E-state index contributed by atoms with van der Waals surface area (Å²) in [5.41, 5.74) is 1.91. The van der Waals surface area contributed by atoms with Crippen LogP contribution in [0.25, 0.3) is 0 Å². The molecule has 0 unspecified atom stereocenters. The average Bonchev–Trinajstić information content (AvgIpc) is 2.37. The van der Waals surface area contributed by atoms with E-state index in [0.29, 0.717) is 6.07 Å². The lowest BCUT2D eigenvalue weighted by molar-refractivity contribution is 0.579. The summed E-state index contributed by atoms with van der Waals surface area (Å²) in [5.74, 6) is -3.12. The highest BCUT2D eigenvalue weighted by molar-refractivity contribution is 5.99. The Morgan fingerprint density at radius 3 is 2.20 bits per heavy atom. The highest BCUT2D eigenvalue weighted by atomic mass is 19.1. The van der Waals surface area contributed by atoms with E-state index in [4.69, 9.17) is 0 Å². The van der Waals surface area contributed by atoms with Crippen LogP contribution in [0.15, 0.2) is 41.5 Å². The zero-order chi connectivity index (χ0) is 14.7. The van der Waals surface area contributed by atoms with Gasteiger partial charge in [0.2, 0.25) is 0 Å². The highest BCUT2D eigenvalue weighted by Crippen LogP contribution is 2.17. The molecular formula is C14H10F4N2. The molecule has 2 nitrogen and oxygen atoms in total. The molecule has 104 valence electrons. The molecular weight excluding hydrogens is 272 g/mol. The monoisotopic (exact) mass is 282 g/mol. The lowest BCUT2D eigenvalue weighted by atomic mass is 10.1. The zero-order valence-corrected chi connectivity index (χ0v) is 10.4. The Hall–Kier alpha value is -2.37. The summed E-state index contributed by atoms with van der Waals surface area (Å²) in [6.45, 7) is 1.37. The first-order valence-electron chi connectivity index (χ1n) is 5.69. The van der Waals surface area contributed by atoms with Crippen molar-refractivity contribution < 1.29 is 17.6 Å². The maximum Gasteiger partial charge on any atom is 0.151 e. The Morgan fingerprint density at radius 1 is 0.950 bits per heavy atom. The fraction of sp³-hybridized carbons (Fsp3) is 0.0714. The van der Waals surface area contributed by atoms with Crippen molar-refractivity contribution >= 4 is 11.4 Å². The van der Waals surface area contributed by atoms with Gasteiger partial charge in [-0.05, 0) is 31.2 Å². The average molecular weight is 282 g/mol. The molecule has 0 bridgehead atoms. The summed E-state index contributed by atoms with van der Waals surface area (Å²) in [6, 6.07) is 6.27. The molecule has 0 aromatic heterocycles. The van der Waals surface area contributed by atoms with Gasteiger partial charge in [0.1, 0.15) is 17.5 Å². The Labute approximate surface area is 112 Å². The van der Waals surface area contributed by atoms with Gasteiger partial charge in [0.05, 0.1) is 17.0 Å². The Kier molecular flexibility index (Phi) is 4.02. The van der Waals surface area contributed by atoms with Gasteiger partial charge in [-0.25, -0.2) is 17.6 Å². The minimum atomic E-state index is -0.851. The highest BCUT2D eigenvalue weighted by Gasteiger charge is 2.11. The smallest absolute Gasteiger partial charge is 0.151 e. The lowest BCUT2D eigenvalue weighted by Crippen LogP contribution is -2.06. The number of anilines is 1. The number of halogens is 4. The third-order valence-corrected chi connectivity index (χ3v) is 2.60. The van der Waals surface area contributed by atoms with Gasteiger partial charge in [-0.2, -0.15) is 5.10 Å². The molecule has 2 aromatic carbocycles. The van der Waals surface area contributed by atoms with Gasteiger partial charge < -0.3 is 0 Å². The molecule has 0 saturated heterocycles. The summed E-state index contributed by atoms with van der Waals surface area (Å²) in [7, 11) is 0. The van der Waals surface area contributed by atoms with Crippen molar-refractivity contribution in [3.05, 3.63) is 65.2 Å². The van der Waals surface area contributed by atoms with E-state index in [1.165, 1.54) is 13.0 Å². The lowest BCUT2D eigenvalue weighted by Gasteiger charge is -2.06. The fourth-order valence-electron chi connectivity index (χ4n) is 1.62. The molecule has 0 amide bonds. The quantitative estimate of drug-likeness (QED) is 0.512. The van der Waals surface area contributed by atoms with Crippen molar-refractivity contribution in [2.24, 2.45) is 5.10 Å². The van der Waals surface area contributed by atoms with E-state index in [1.807, 2.05) is 0 Å². The number of hydrogen-bond donors (Lipinski definition) is 1. The van der Waals surface area contributed by atoms with Crippen LogP contribution in [0.5, 0.6) is 0 Å². The molecule has 0 heterocycles. The molecule has 0 aliphatic rings. The fourth-order valence-corrected chi connectivity index (χ4v) is 1.62. The Bertz CT molecular complexity index is 648. The standard InChI is InChI=1S/C14H10F4N2/c1-8(14-10(16)3-2-4-11(14)17)19-20-13-6-5-9(15)7-12(13)18/h2-7,20H,1H3/b19-8-. The number of hydrogen-bond acceptors (Lipinski definition) is 2. The Balaban J connectivity index is 2.27. The van der Waals surface area contributed by atoms with Gasteiger partial charge in [-0.3, -0.25) is 5.43 Å². The van der Waals surface area contributed by atoms with Gasteiger partial charge in [-0.1, -0.05) is 6.07 Å². The predicted molar refractivity (Wildman–Crippen MR) is 68.5 cm³/mol. The summed E-state index contributed by atoms with van der Waals surface area (Å²) < 4.78 is 53.0. The second kappa shape index (κ2) is 5.73. The second-order valence-electron chi connectivity index (χ2n) is 4.03. The van der Waals surface area contributed by atoms with Crippen LogP contribution in [-0.4, -0.2) is 5.71 Å². The van der Waals surface area contributed by atoms with E-state index in [-0.39, 0.29) is 17.0 Å². The van der Waals surface area contributed by atoms with E-state index in [9.17, 15) is 17.6 Å². The third kappa shape index (κ3) is 2.96. The number of hydrazone groups is 1. The number of nitrogens with zero attached hydrogens (tertiary/aromatic N) is 1. The van der Waals surface area contributed by atoms with Crippen LogP contribution < -0.4 is 5.43 Å². The minimum absolute atomic E-state index is 0.00400. The van der Waals surface area contributed by atoms with Gasteiger partial charge in [-0.15, -0.1) is 0 Å². The van der Waals surface area contributed by atoms with Crippen molar-refractivity contribution in [1.29, 1.82) is 0 Å². The first-order chi connectivity index (χ1) is 9.49. The van der Waals surface area contributed by atoms with Crippen molar-refractivity contribution in [1.82, 2.24) is 0 Å². The van der Waals surface area contributed by atoms with E-state index in [1.54, 1.807) is 0 Å². The summed E-state index contributed by atoms with van der Waals surface area (Å²) in [4.78, 5) is 0. The first-order valence-corrected chi connectivity index (χ1v) is 5.69. The summed E-state index contributed by atoms with van der Waals surface area (Å²) in [6.07, 6.45) is 0. The normalized spacial score (nSPS) is 11.6. The SMILES string of the molecule is C/C(=N/Nc1ccc(F)cc1F)c1c(F)cccc1F. The summed E-state index contributed by atoms with van der Waals surface area (Å²) in [5, 5.41) is 3.70. The van der Waals surface area contributed by atoms with Gasteiger partial charge in [0, 0.05) is 6.07 Å². The number of nitrogens with one attached hydrogen (secondary N) is 1. The molecule has 0 saturated carbocycles. The van der Waals surface area contributed by atoms with Crippen LogP contribution in [0.2, 0.25) is 0 Å². The van der Waals surface area contributed by atoms with Gasteiger partial charge in [0.25, 0.3) is 0 Å². The van der Waals surface area contributed by atoms with Crippen LogP contribution in [0.3, 0.4) is 0 Å². The van der Waals surface area contributed by atoms with Gasteiger partial charge in [0.15, 0.2) is 5.82 Å². The number of benzene rings is 2. The topological polar surface area (TPSA) is 24.4 Å². The third-order valence-electron chi connectivity index (χ3n) is 2.60. The molecule has 2 rings (SSSR count). The van der Waals surface area contributed by atoms with Crippen LogP contribution in [-0.2, 0) is 0 Å². The molecule has 0 aliphatic heterocycles. The first kappa shape index (κ1) is 14.0. The molecule has 6 heteroatoms. The molecule has 0 radical (unpaired) electrons. The van der Waals surface area contributed by atoms with Crippen molar-refractivity contribution in [2.75, 3.05) is 5.43 Å². The molecule has 20 heavy (non-hydrogen) atoms. The summed E-state index contributed by atoms with van der Waals surface area (Å²) >= 11 is 0.